The van der Waals surface area contributed by atoms with E-state index in [1.54, 1.807) is 6.20 Å². The summed E-state index contributed by atoms with van der Waals surface area (Å²) in [5.74, 6) is 0. The lowest BCUT2D eigenvalue weighted by atomic mass is 10.1. The van der Waals surface area contributed by atoms with E-state index in [4.69, 9.17) is 4.74 Å². The molecule has 0 aliphatic rings. The van der Waals surface area contributed by atoms with Crippen molar-refractivity contribution in [1.82, 2.24) is 9.97 Å². The van der Waals surface area contributed by atoms with Crippen molar-refractivity contribution in [3.8, 4) is 0 Å². The fourth-order valence-corrected chi connectivity index (χ4v) is 2.45. The van der Waals surface area contributed by atoms with Gasteiger partial charge in [-0.3, -0.25) is 4.98 Å². The molecule has 0 fully saturated rings. The highest BCUT2D eigenvalue weighted by Crippen LogP contribution is 2.19. The van der Waals surface area contributed by atoms with E-state index in [1.165, 1.54) is 10.9 Å². The topological polar surface area (TPSA) is 37.9 Å². The predicted octanol–water partition coefficient (Wildman–Crippen LogP) is 5.21. The Morgan fingerprint density at radius 2 is 2.00 bits per heavy atom. The number of aromatic nitrogens is 2. The molecule has 0 aliphatic heterocycles. The average molecular weight is 318 g/mol. The lowest BCUT2D eigenvalue weighted by Crippen LogP contribution is -2.01. The van der Waals surface area contributed by atoms with Gasteiger partial charge >= 0.3 is 0 Å². The van der Waals surface area contributed by atoms with Gasteiger partial charge in [0.05, 0.1) is 12.7 Å². The third-order valence-corrected chi connectivity index (χ3v) is 3.65. The molecule has 0 amide bonds. The monoisotopic (exact) mass is 318 g/mol. The molecule has 0 aliphatic carbocycles. The maximum atomic E-state index is 5.67. The summed E-state index contributed by atoms with van der Waals surface area (Å²) in [6.07, 6.45) is 12.0. The van der Waals surface area contributed by atoms with E-state index in [-0.39, 0.29) is 6.10 Å². The van der Waals surface area contributed by atoms with Gasteiger partial charge in [-0.05, 0) is 55.3 Å². The molecule has 0 spiro atoms. The lowest BCUT2D eigenvalue weighted by Gasteiger charge is -2.07. The van der Waals surface area contributed by atoms with Gasteiger partial charge in [-0.2, -0.15) is 0 Å². The number of hydrogen-bond donors (Lipinski definition) is 1. The minimum atomic E-state index is 0.247. The quantitative estimate of drug-likeness (QED) is 0.633. The Labute approximate surface area is 142 Å². The van der Waals surface area contributed by atoms with E-state index >= 15 is 0 Å². The van der Waals surface area contributed by atoms with Crippen LogP contribution in [0.2, 0.25) is 0 Å². The SMILES string of the molecule is CC(C)OCc1ccc2[nH]c(/C=C/C=C/c3cccnc3)cc2c1. The van der Waals surface area contributed by atoms with Gasteiger partial charge in [-0.1, -0.05) is 30.4 Å². The number of ether oxygens (including phenoxy) is 1. The maximum absolute atomic E-state index is 5.67. The van der Waals surface area contributed by atoms with Crippen LogP contribution in [0.25, 0.3) is 23.1 Å². The summed E-state index contributed by atoms with van der Waals surface area (Å²) in [5, 5.41) is 1.20. The summed E-state index contributed by atoms with van der Waals surface area (Å²) in [6, 6.07) is 12.5. The summed E-state index contributed by atoms with van der Waals surface area (Å²) in [6.45, 7) is 4.76. The minimum absolute atomic E-state index is 0.247. The largest absolute Gasteiger partial charge is 0.374 e. The fourth-order valence-electron chi connectivity index (χ4n) is 2.45. The first kappa shape index (κ1) is 16.2. The van der Waals surface area contributed by atoms with Gasteiger partial charge < -0.3 is 9.72 Å². The van der Waals surface area contributed by atoms with E-state index in [9.17, 15) is 0 Å². The summed E-state index contributed by atoms with van der Waals surface area (Å²) < 4.78 is 5.67. The number of rotatable bonds is 6. The molecule has 24 heavy (non-hydrogen) atoms. The van der Waals surface area contributed by atoms with Crippen LogP contribution in [0.4, 0.5) is 0 Å². The second-order valence-electron chi connectivity index (χ2n) is 6.01. The Balaban J connectivity index is 1.69. The molecule has 1 aromatic carbocycles. The first-order valence-electron chi connectivity index (χ1n) is 8.19. The Morgan fingerprint density at radius 3 is 2.79 bits per heavy atom. The van der Waals surface area contributed by atoms with Crippen LogP contribution in [0.1, 0.15) is 30.7 Å². The zero-order chi connectivity index (χ0) is 16.8. The van der Waals surface area contributed by atoms with Crippen molar-refractivity contribution in [2.75, 3.05) is 0 Å². The molecule has 2 heterocycles. The van der Waals surface area contributed by atoms with Crippen LogP contribution in [-0.4, -0.2) is 16.1 Å². The maximum Gasteiger partial charge on any atom is 0.0720 e. The molecular weight excluding hydrogens is 296 g/mol. The van der Waals surface area contributed by atoms with Crippen LogP contribution in [0.15, 0.2) is 60.9 Å². The molecule has 3 rings (SSSR count). The third-order valence-electron chi connectivity index (χ3n) is 3.65. The molecule has 0 saturated carbocycles. The van der Waals surface area contributed by atoms with E-state index in [0.29, 0.717) is 6.61 Å². The molecule has 0 bridgehead atoms. The minimum Gasteiger partial charge on any atom is -0.374 e. The molecule has 122 valence electrons. The molecule has 3 nitrogen and oxygen atoms in total. The standard InChI is InChI=1S/C21H22N2O/c1-16(2)24-15-18-9-10-21-19(12-18)13-20(23-21)8-4-3-6-17-7-5-11-22-14-17/h3-14,16,23H,15H2,1-2H3/b6-3+,8-4+. The Morgan fingerprint density at radius 1 is 1.12 bits per heavy atom. The number of allylic oxidation sites excluding steroid dienone is 2. The van der Waals surface area contributed by atoms with Gasteiger partial charge in [-0.25, -0.2) is 0 Å². The number of H-pyrrole nitrogens is 1. The van der Waals surface area contributed by atoms with Crippen molar-refractivity contribution in [3.05, 3.63) is 77.8 Å². The van der Waals surface area contributed by atoms with Gasteiger partial charge in [0.1, 0.15) is 0 Å². The van der Waals surface area contributed by atoms with E-state index in [2.05, 4.69) is 54.2 Å². The normalized spacial score (nSPS) is 12.1. The lowest BCUT2D eigenvalue weighted by molar-refractivity contribution is 0.0658. The smallest absolute Gasteiger partial charge is 0.0720 e. The van der Waals surface area contributed by atoms with E-state index in [1.807, 2.05) is 36.6 Å². The number of pyridine rings is 1. The van der Waals surface area contributed by atoms with Crippen LogP contribution in [0, 0.1) is 0 Å². The van der Waals surface area contributed by atoms with Gasteiger partial charge in [0.25, 0.3) is 0 Å². The highest BCUT2D eigenvalue weighted by Gasteiger charge is 2.01. The third kappa shape index (κ3) is 4.43. The van der Waals surface area contributed by atoms with Gasteiger partial charge in [0.15, 0.2) is 0 Å². The highest BCUT2D eigenvalue weighted by molar-refractivity contribution is 5.83. The molecule has 3 heteroatoms. The molecule has 0 radical (unpaired) electrons. The van der Waals surface area contributed by atoms with Crippen molar-refractivity contribution in [3.63, 3.8) is 0 Å². The predicted molar refractivity (Wildman–Crippen MR) is 101 cm³/mol. The number of aromatic amines is 1. The Bertz CT molecular complexity index is 845. The number of benzene rings is 1. The van der Waals surface area contributed by atoms with Crippen LogP contribution in [0.5, 0.6) is 0 Å². The van der Waals surface area contributed by atoms with E-state index in [0.717, 1.165) is 16.8 Å². The van der Waals surface area contributed by atoms with Crippen molar-refractivity contribution in [2.24, 2.45) is 0 Å². The second kappa shape index (κ2) is 7.75. The summed E-state index contributed by atoms with van der Waals surface area (Å²) in [7, 11) is 0. The Hall–Kier alpha value is -2.65. The number of nitrogens with zero attached hydrogens (tertiary/aromatic N) is 1. The highest BCUT2D eigenvalue weighted by atomic mass is 16.5. The molecular formula is C21H22N2O. The Kier molecular flexibility index (Phi) is 5.24. The first-order valence-corrected chi connectivity index (χ1v) is 8.19. The number of hydrogen-bond acceptors (Lipinski definition) is 2. The van der Waals surface area contributed by atoms with Crippen LogP contribution in [0.3, 0.4) is 0 Å². The summed E-state index contributed by atoms with van der Waals surface area (Å²) >= 11 is 0. The van der Waals surface area contributed by atoms with Crippen LogP contribution < -0.4 is 0 Å². The zero-order valence-electron chi connectivity index (χ0n) is 14.1. The van der Waals surface area contributed by atoms with Crippen molar-refractivity contribution in [1.29, 1.82) is 0 Å². The van der Waals surface area contributed by atoms with Crippen LogP contribution in [-0.2, 0) is 11.3 Å². The number of nitrogens with one attached hydrogen (secondary N) is 1. The van der Waals surface area contributed by atoms with Crippen molar-refractivity contribution in [2.45, 2.75) is 26.6 Å². The van der Waals surface area contributed by atoms with Crippen molar-refractivity contribution >= 4 is 23.1 Å². The average Bonchev–Trinajstić information content (AvgIpc) is 3.00. The molecule has 3 aromatic rings. The molecule has 0 unspecified atom stereocenters. The summed E-state index contributed by atoms with van der Waals surface area (Å²) in [4.78, 5) is 7.51. The molecule has 0 saturated heterocycles. The van der Waals surface area contributed by atoms with Gasteiger partial charge in [-0.15, -0.1) is 0 Å². The van der Waals surface area contributed by atoms with E-state index < -0.39 is 0 Å². The zero-order valence-corrected chi connectivity index (χ0v) is 14.1. The van der Waals surface area contributed by atoms with Crippen LogP contribution >= 0.6 is 0 Å². The molecule has 2 aromatic heterocycles. The fraction of sp³-hybridized carbons (Fsp3) is 0.190. The molecule has 0 atom stereocenters. The van der Waals surface area contributed by atoms with Crippen molar-refractivity contribution < 1.29 is 4.74 Å². The first-order chi connectivity index (χ1) is 11.7. The van der Waals surface area contributed by atoms with Gasteiger partial charge in [0.2, 0.25) is 0 Å². The second-order valence-corrected chi connectivity index (χ2v) is 6.01. The number of fused-ring (bicyclic) bond motifs is 1. The van der Waals surface area contributed by atoms with Gasteiger partial charge in [0, 0.05) is 29.0 Å². The summed E-state index contributed by atoms with van der Waals surface area (Å²) in [5.41, 5.74) is 4.51. The molecule has 1 N–H and O–H groups in total.